The second kappa shape index (κ2) is 6.98. The Morgan fingerprint density at radius 1 is 1.33 bits per heavy atom. The summed E-state index contributed by atoms with van der Waals surface area (Å²) in [6.45, 7) is 3.55. The van der Waals surface area contributed by atoms with Gasteiger partial charge in [0.15, 0.2) is 0 Å². The molecule has 2 rings (SSSR count). The van der Waals surface area contributed by atoms with Gasteiger partial charge in [0.2, 0.25) is 0 Å². The molecule has 0 atom stereocenters. The molecule has 1 saturated carbocycles. The molecule has 1 fully saturated rings. The van der Waals surface area contributed by atoms with Crippen LogP contribution in [-0.4, -0.2) is 19.8 Å². The van der Waals surface area contributed by atoms with Crippen LogP contribution in [0.15, 0.2) is 18.2 Å². The second-order valence-electron chi connectivity index (χ2n) is 4.94. The van der Waals surface area contributed by atoms with Gasteiger partial charge >= 0.3 is 0 Å². The van der Waals surface area contributed by atoms with Gasteiger partial charge in [0.25, 0.3) is 0 Å². The lowest BCUT2D eigenvalue weighted by Gasteiger charge is -2.07. The number of rotatable bonds is 8. The number of benzene rings is 1. The van der Waals surface area contributed by atoms with E-state index >= 15 is 0 Å². The van der Waals surface area contributed by atoms with Crippen LogP contribution in [0.2, 0.25) is 5.02 Å². The molecule has 1 aliphatic carbocycles. The highest BCUT2D eigenvalue weighted by atomic mass is 35.5. The number of ether oxygens (including phenoxy) is 1. The standard InChI is InChI=1S/C14H21ClN2O/c15-13-6-12(7-14(16)8-13)9-17-4-1-5-18-10-11-2-3-11/h6-8,11,17H,1-5,9-10,16H2. The van der Waals surface area contributed by atoms with Gasteiger partial charge in [0.05, 0.1) is 0 Å². The first-order valence-electron chi connectivity index (χ1n) is 6.57. The number of hydrogen-bond acceptors (Lipinski definition) is 3. The van der Waals surface area contributed by atoms with E-state index < -0.39 is 0 Å². The third-order valence-electron chi connectivity index (χ3n) is 3.00. The van der Waals surface area contributed by atoms with Gasteiger partial charge in [-0.3, -0.25) is 0 Å². The maximum absolute atomic E-state index is 5.94. The maximum atomic E-state index is 5.94. The normalized spacial score (nSPS) is 14.9. The van der Waals surface area contributed by atoms with E-state index in [9.17, 15) is 0 Å². The molecule has 0 amide bonds. The van der Waals surface area contributed by atoms with E-state index in [0.29, 0.717) is 10.7 Å². The highest BCUT2D eigenvalue weighted by Gasteiger charge is 2.20. The average molecular weight is 269 g/mol. The first-order chi connectivity index (χ1) is 8.74. The molecular weight excluding hydrogens is 248 g/mol. The highest BCUT2D eigenvalue weighted by molar-refractivity contribution is 6.30. The van der Waals surface area contributed by atoms with Crippen molar-refractivity contribution < 1.29 is 4.74 Å². The van der Waals surface area contributed by atoms with E-state index in [1.807, 2.05) is 12.1 Å². The Balaban J connectivity index is 1.53. The summed E-state index contributed by atoms with van der Waals surface area (Å²) in [6.07, 6.45) is 3.76. The zero-order valence-corrected chi connectivity index (χ0v) is 11.4. The molecule has 3 nitrogen and oxygen atoms in total. The Hall–Kier alpha value is -0.770. The molecule has 1 aromatic carbocycles. The van der Waals surface area contributed by atoms with Crippen LogP contribution < -0.4 is 11.1 Å². The third kappa shape index (κ3) is 5.25. The van der Waals surface area contributed by atoms with Gasteiger partial charge < -0.3 is 15.8 Å². The second-order valence-corrected chi connectivity index (χ2v) is 5.38. The van der Waals surface area contributed by atoms with Crippen LogP contribution in [0.25, 0.3) is 0 Å². The van der Waals surface area contributed by atoms with Crippen molar-refractivity contribution in [2.45, 2.75) is 25.8 Å². The highest BCUT2D eigenvalue weighted by Crippen LogP contribution is 2.28. The van der Waals surface area contributed by atoms with E-state index in [1.165, 1.54) is 12.8 Å². The molecule has 0 unspecified atom stereocenters. The lowest BCUT2D eigenvalue weighted by Crippen LogP contribution is -2.16. The summed E-state index contributed by atoms with van der Waals surface area (Å²) in [5.41, 5.74) is 7.57. The van der Waals surface area contributed by atoms with Gasteiger partial charge in [-0.1, -0.05) is 11.6 Å². The summed E-state index contributed by atoms with van der Waals surface area (Å²) in [6, 6.07) is 5.65. The molecule has 1 aliphatic rings. The lowest BCUT2D eigenvalue weighted by atomic mass is 10.2. The van der Waals surface area contributed by atoms with Gasteiger partial charge in [-0.2, -0.15) is 0 Å². The van der Waals surface area contributed by atoms with Crippen molar-refractivity contribution in [3.05, 3.63) is 28.8 Å². The summed E-state index contributed by atoms with van der Waals surface area (Å²) in [7, 11) is 0. The molecule has 0 aliphatic heterocycles. The summed E-state index contributed by atoms with van der Waals surface area (Å²) < 4.78 is 5.57. The monoisotopic (exact) mass is 268 g/mol. The van der Waals surface area contributed by atoms with Crippen LogP contribution in [0.4, 0.5) is 5.69 Å². The fourth-order valence-corrected chi connectivity index (χ4v) is 2.11. The predicted molar refractivity (Wildman–Crippen MR) is 75.7 cm³/mol. The largest absolute Gasteiger partial charge is 0.399 e. The van der Waals surface area contributed by atoms with Crippen LogP contribution in [0.5, 0.6) is 0 Å². The molecule has 1 aromatic rings. The number of hydrogen-bond donors (Lipinski definition) is 2. The van der Waals surface area contributed by atoms with Gasteiger partial charge in [-0.15, -0.1) is 0 Å². The van der Waals surface area contributed by atoms with Crippen LogP contribution in [0.1, 0.15) is 24.8 Å². The van der Waals surface area contributed by atoms with Gasteiger partial charge in [-0.05, 0) is 55.5 Å². The van der Waals surface area contributed by atoms with Gasteiger partial charge in [0.1, 0.15) is 0 Å². The van der Waals surface area contributed by atoms with Crippen molar-refractivity contribution in [3.8, 4) is 0 Å². The van der Waals surface area contributed by atoms with Crippen molar-refractivity contribution >= 4 is 17.3 Å². The Labute approximate surface area is 114 Å². The van der Waals surface area contributed by atoms with Crippen molar-refractivity contribution in [1.82, 2.24) is 5.32 Å². The van der Waals surface area contributed by atoms with E-state index in [2.05, 4.69) is 5.32 Å². The zero-order valence-electron chi connectivity index (χ0n) is 10.6. The molecule has 4 heteroatoms. The van der Waals surface area contributed by atoms with E-state index in [1.54, 1.807) is 6.07 Å². The fourth-order valence-electron chi connectivity index (χ4n) is 1.84. The van der Waals surface area contributed by atoms with Gasteiger partial charge in [0, 0.05) is 30.5 Å². The van der Waals surface area contributed by atoms with Gasteiger partial charge in [-0.25, -0.2) is 0 Å². The molecule has 100 valence electrons. The Kier molecular flexibility index (Phi) is 5.29. The molecule has 0 radical (unpaired) electrons. The zero-order chi connectivity index (χ0) is 12.8. The number of nitrogens with two attached hydrogens (primary N) is 1. The Morgan fingerprint density at radius 3 is 2.89 bits per heavy atom. The quantitative estimate of drug-likeness (QED) is 0.563. The average Bonchev–Trinajstić information content (AvgIpc) is 3.10. The molecule has 3 N–H and O–H groups in total. The van der Waals surface area contributed by atoms with E-state index in [4.69, 9.17) is 22.1 Å². The number of halogens is 1. The summed E-state index contributed by atoms with van der Waals surface area (Å²) in [5.74, 6) is 0.854. The van der Waals surface area contributed by atoms with Crippen LogP contribution >= 0.6 is 11.6 Å². The number of anilines is 1. The third-order valence-corrected chi connectivity index (χ3v) is 3.22. The molecule has 0 heterocycles. The molecule has 0 aromatic heterocycles. The van der Waals surface area contributed by atoms with Crippen molar-refractivity contribution in [3.63, 3.8) is 0 Å². The van der Waals surface area contributed by atoms with Crippen molar-refractivity contribution in [2.75, 3.05) is 25.5 Å². The van der Waals surface area contributed by atoms with E-state index in [-0.39, 0.29) is 0 Å². The number of nitrogens with one attached hydrogen (secondary N) is 1. The lowest BCUT2D eigenvalue weighted by molar-refractivity contribution is 0.122. The van der Waals surface area contributed by atoms with Crippen LogP contribution in [-0.2, 0) is 11.3 Å². The van der Waals surface area contributed by atoms with E-state index in [0.717, 1.165) is 44.2 Å². The molecule has 0 saturated heterocycles. The first kappa shape index (κ1) is 13.7. The SMILES string of the molecule is Nc1cc(Cl)cc(CNCCCOCC2CC2)c1. The minimum Gasteiger partial charge on any atom is -0.399 e. The van der Waals surface area contributed by atoms with Crippen LogP contribution in [0.3, 0.4) is 0 Å². The topological polar surface area (TPSA) is 47.3 Å². The Bertz CT molecular complexity index is 360. The first-order valence-corrected chi connectivity index (χ1v) is 6.95. The summed E-state index contributed by atoms with van der Waals surface area (Å²) in [4.78, 5) is 0. The predicted octanol–water partition coefficient (Wildman–Crippen LogP) is 2.83. The summed E-state index contributed by atoms with van der Waals surface area (Å²) >= 11 is 5.94. The molecule has 0 spiro atoms. The van der Waals surface area contributed by atoms with Crippen LogP contribution in [0, 0.1) is 5.92 Å². The maximum Gasteiger partial charge on any atom is 0.0494 e. The molecule has 18 heavy (non-hydrogen) atoms. The smallest absolute Gasteiger partial charge is 0.0494 e. The molecular formula is C14H21ClN2O. The fraction of sp³-hybridized carbons (Fsp3) is 0.571. The minimum absolute atomic E-state index is 0.694. The van der Waals surface area contributed by atoms with Crippen molar-refractivity contribution in [1.29, 1.82) is 0 Å². The number of nitrogen functional groups attached to an aromatic ring is 1. The minimum atomic E-state index is 0.694. The van der Waals surface area contributed by atoms with Crippen molar-refractivity contribution in [2.24, 2.45) is 5.92 Å². The molecule has 0 bridgehead atoms. The Morgan fingerprint density at radius 2 is 2.17 bits per heavy atom. The summed E-state index contributed by atoms with van der Waals surface area (Å²) in [5, 5.41) is 4.06.